The molecule has 1 atom stereocenters. The van der Waals surface area contributed by atoms with Gasteiger partial charge in [0.15, 0.2) is 0 Å². The van der Waals surface area contributed by atoms with E-state index >= 15 is 0 Å². The molecule has 1 aromatic carbocycles. The summed E-state index contributed by atoms with van der Waals surface area (Å²) in [6.07, 6.45) is 2.21. The summed E-state index contributed by atoms with van der Waals surface area (Å²) in [4.78, 5) is 2.42. The van der Waals surface area contributed by atoms with Crippen molar-refractivity contribution in [1.29, 1.82) is 0 Å². The fraction of sp³-hybridized carbons (Fsp3) is 0.600. The number of hydrogen-bond acceptors (Lipinski definition) is 3. The Kier molecular flexibility index (Phi) is 4.25. The van der Waals surface area contributed by atoms with Gasteiger partial charge in [-0.05, 0) is 44.4 Å². The van der Waals surface area contributed by atoms with E-state index in [0.29, 0.717) is 6.54 Å². The molecule has 0 amide bonds. The summed E-state index contributed by atoms with van der Waals surface area (Å²) >= 11 is 0. The molecule has 0 aliphatic carbocycles. The van der Waals surface area contributed by atoms with Crippen LogP contribution in [0.1, 0.15) is 25.3 Å². The summed E-state index contributed by atoms with van der Waals surface area (Å²) in [5, 5.41) is 0. The number of aryl methyl sites for hydroxylation is 1. The van der Waals surface area contributed by atoms with E-state index in [4.69, 9.17) is 10.5 Å². The highest BCUT2D eigenvalue weighted by Gasteiger charge is 2.37. The van der Waals surface area contributed by atoms with Crippen molar-refractivity contribution in [3.8, 4) is 0 Å². The van der Waals surface area contributed by atoms with Gasteiger partial charge >= 0.3 is 0 Å². The molecule has 100 valence electrons. The molecule has 18 heavy (non-hydrogen) atoms. The third-order valence-electron chi connectivity index (χ3n) is 3.88. The standard InChI is InChI=1S/C15H24N2O/c1-3-17(14-7-4-6-13(2)10-14)15(11-16)8-5-9-18-12-15/h4,6-7,10H,3,5,8-9,11-12,16H2,1-2H3. The maximum Gasteiger partial charge on any atom is 0.0757 e. The molecule has 0 spiro atoms. The van der Waals surface area contributed by atoms with E-state index in [-0.39, 0.29) is 5.54 Å². The minimum Gasteiger partial charge on any atom is -0.379 e. The van der Waals surface area contributed by atoms with E-state index < -0.39 is 0 Å². The van der Waals surface area contributed by atoms with Gasteiger partial charge in [-0.2, -0.15) is 0 Å². The lowest BCUT2D eigenvalue weighted by Crippen LogP contribution is -2.59. The molecule has 1 saturated heterocycles. The predicted molar refractivity (Wildman–Crippen MR) is 76.0 cm³/mol. The summed E-state index contributed by atoms with van der Waals surface area (Å²) < 4.78 is 5.69. The lowest BCUT2D eigenvalue weighted by atomic mass is 9.89. The van der Waals surface area contributed by atoms with Crippen molar-refractivity contribution in [1.82, 2.24) is 0 Å². The average Bonchev–Trinajstić information content (AvgIpc) is 2.41. The summed E-state index contributed by atoms with van der Waals surface area (Å²) in [5.41, 5.74) is 8.59. The number of rotatable bonds is 4. The Bertz CT molecular complexity index is 386. The van der Waals surface area contributed by atoms with E-state index in [1.165, 1.54) is 11.3 Å². The van der Waals surface area contributed by atoms with Gasteiger partial charge in [0.2, 0.25) is 0 Å². The second kappa shape index (κ2) is 5.72. The second-order valence-electron chi connectivity index (χ2n) is 5.17. The molecule has 0 aromatic heterocycles. The first-order valence-electron chi connectivity index (χ1n) is 6.84. The van der Waals surface area contributed by atoms with Gasteiger partial charge in [-0.1, -0.05) is 12.1 Å². The maximum absolute atomic E-state index is 6.07. The zero-order valence-electron chi connectivity index (χ0n) is 11.5. The third kappa shape index (κ3) is 2.52. The summed E-state index contributed by atoms with van der Waals surface area (Å²) in [5.74, 6) is 0. The number of nitrogens with zero attached hydrogens (tertiary/aromatic N) is 1. The van der Waals surface area contributed by atoms with E-state index in [1.807, 2.05) is 0 Å². The van der Waals surface area contributed by atoms with Crippen LogP contribution in [0.4, 0.5) is 5.69 Å². The Balaban J connectivity index is 2.31. The molecule has 2 N–H and O–H groups in total. The van der Waals surface area contributed by atoms with Crippen molar-refractivity contribution in [2.45, 2.75) is 32.2 Å². The van der Waals surface area contributed by atoms with Crippen LogP contribution in [0.3, 0.4) is 0 Å². The van der Waals surface area contributed by atoms with E-state index in [0.717, 1.165) is 32.6 Å². The normalized spacial score (nSPS) is 23.9. The molecule has 1 heterocycles. The van der Waals surface area contributed by atoms with Gasteiger partial charge in [-0.15, -0.1) is 0 Å². The monoisotopic (exact) mass is 248 g/mol. The number of nitrogens with two attached hydrogens (primary N) is 1. The van der Waals surface area contributed by atoms with Crippen LogP contribution >= 0.6 is 0 Å². The molecule has 1 aliphatic heterocycles. The Morgan fingerprint density at radius 1 is 1.44 bits per heavy atom. The smallest absolute Gasteiger partial charge is 0.0757 e. The molecule has 2 rings (SSSR count). The van der Waals surface area contributed by atoms with Crippen molar-refractivity contribution < 1.29 is 4.74 Å². The quantitative estimate of drug-likeness (QED) is 0.888. The first kappa shape index (κ1) is 13.4. The molecule has 0 radical (unpaired) electrons. The van der Waals surface area contributed by atoms with Gasteiger partial charge in [-0.25, -0.2) is 0 Å². The van der Waals surface area contributed by atoms with Crippen molar-refractivity contribution >= 4 is 5.69 Å². The van der Waals surface area contributed by atoms with Gasteiger partial charge in [0.05, 0.1) is 12.1 Å². The van der Waals surface area contributed by atoms with Crippen LogP contribution in [0, 0.1) is 6.92 Å². The first-order chi connectivity index (χ1) is 8.72. The molecular formula is C15H24N2O. The van der Waals surface area contributed by atoms with Gasteiger partial charge in [0, 0.05) is 25.4 Å². The predicted octanol–water partition coefficient (Wildman–Crippen LogP) is 2.33. The number of anilines is 1. The van der Waals surface area contributed by atoms with Crippen molar-refractivity contribution in [2.24, 2.45) is 5.73 Å². The Morgan fingerprint density at radius 3 is 2.83 bits per heavy atom. The number of ether oxygens (including phenoxy) is 1. The van der Waals surface area contributed by atoms with Crippen molar-refractivity contribution in [2.75, 3.05) is 31.2 Å². The lowest BCUT2D eigenvalue weighted by Gasteiger charge is -2.46. The van der Waals surface area contributed by atoms with Crippen LogP contribution in [-0.2, 0) is 4.74 Å². The second-order valence-corrected chi connectivity index (χ2v) is 5.17. The molecule has 3 heteroatoms. The minimum absolute atomic E-state index is 0.0270. The lowest BCUT2D eigenvalue weighted by molar-refractivity contribution is 0.0379. The molecule has 0 saturated carbocycles. The molecule has 0 bridgehead atoms. The first-order valence-corrected chi connectivity index (χ1v) is 6.84. The average molecular weight is 248 g/mol. The largest absolute Gasteiger partial charge is 0.379 e. The molecule has 1 aliphatic rings. The molecular weight excluding hydrogens is 224 g/mol. The van der Waals surface area contributed by atoms with Gasteiger partial charge in [0.25, 0.3) is 0 Å². The highest BCUT2D eigenvalue weighted by atomic mass is 16.5. The van der Waals surface area contributed by atoms with Crippen LogP contribution in [0.5, 0.6) is 0 Å². The van der Waals surface area contributed by atoms with Crippen LogP contribution in [0.25, 0.3) is 0 Å². The van der Waals surface area contributed by atoms with Gasteiger partial charge < -0.3 is 15.4 Å². The SMILES string of the molecule is CCN(c1cccc(C)c1)C1(CN)CCCOC1. The van der Waals surface area contributed by atoms with Crippen LogP contribution in [-0.4, -0.2) is 31.8 Å². The third-order valence-corrected chi connectivity index (χ3v) is 3.88. The van der Waals surface area contributed by atoms with Gasteiger partial charge in [-0.3, -0.25) is 0 Å². The highest BCUT2D eigenvalue weighted by Crippen LogP contribution is 2.30. The fourth-order valence-corrected chi connectivity index (χ4v) is 2.91. The molecule has 1 unspecified atom stereocenters. The molecule has 1 aromatic rings. The summed E-state index contributed by atoms with van der Waals surface area (Å²) in [7, 11) is 0. The van der Waals surface area contributed by atoms with Gasteiger partial charge in [0.1, 0.15) is 0 Å². The van der Waals surface area contributed by atoms with Crippen LogP contribution < -0.4 is 10.6 Å². The topological polar surface area (TPSA) is 38.5 Å². The zero-order valence-corrected chi connectivity index (χ0v) is 11.5. The number of hydrogen-bond donors (Lipinski definition) is 1. The number of benzene rings is 1. The maximum atomic E-state index is 6.07. The summed E-state index contributed by atoms with van der Waals surface area (Å²) in [6.45, 7) is 7.54. The molecule has 1 fully saturated rings. The Hall–Kier alpha value is -1.06. The molecule has 3 nitrogen and oxygen atoms in total. The zero-order chi connectivity index (χ0) is 13.0. The van der Waals surface area contributed by atoms with Crippen LogP contribution in [0.2, 0.25) is 0 Å². The van der Waals surface area contributed by atoms with Crippen molar-refractivity contribution in [3.63, 3.8) is 0 Å². The Morgan fingerprint density at radius 2 is 2.28 bits per heavy atom. The van der Waals surface area contributed by atoms with Crippen LogP contribution in [0.15, 0.2) is 24.3 Å². The van der Waals surface area contributed by atoms with E-state index in [2.05, 4.69) is 43.0 Å². The minimum atomic E-state index is -0.0270. The Labute approximate surface area is 110 Å². The summed E-state index contributed by atoms with van der Waals surface area (Å²) in [6, 6.07) is 8.64. The number of likely N-dealkylation sites (N-methyl/N-ethyl adjacent to an activating group) is 1. The van der Waals surface area contributed by atoms with E-state index in [1.54, 1.807) is 0 Å². The highest BCUT2D eigenvalue weighted by molar-refractivity contribution is 5.51. The van der Waals surface area contributed by atoms with E-state index in [9.17, 15) is 0 Å². The van der Waals surface area contributed by atoms with Crippen molar-refractivity contribution in [3.05, 3.63) is 29.8 Å². The fourth-order valence-electron chi connectivity index (χ4n) is 2.91.